The molecule has 4 nitrogen and oxygen atoms in total. The third-order valence-corrected chi connectivity index (χ3v) is 4.16. The van der Waals surface area contributed by atoms with Gasteiger partial charge in [0.2, 0.25) is 5.78 Å². The summed E-state index contributed by atoms with van der Waals surface area (Å²) in [5.74, 6) is -0.0265. The minimum absolute atomic E-state index is 0.0647. The number of rotatable bonds is 7. The van der Waals surface area contributed by atoms with Crippen LogP contribution in [0.1, 0.15) is 27.3 Å². The van der Waals surface area contributed by atoms with Gasteiger partial charge in [-0.15, -0.1) is 0 Å². The van der Waals surface area contributed by atoms with Gasteiger partial charge >= 0.3 is 0 Å². The number of aromatic nitrogens is 2. The van der Waals surface area contributed by atoms with E-state index in [9.17, 15) is 14.0 Å². The van der Waals surface area contributed by atoms with E-state index in [0.29, 0.717) is 12.2 Å². The van der Waals surface area contributed by atoms with Gasteiger partial charge in [-0.1, -0.05) is 42.5 Å². The Labute approximate surface area is 157 Å². The number of nitrogens with zero attached hydrogens (tertiary/aromatic N) is 2. The van der Waals surface area contributed by atoms with Gasteiger partial charge in [0.05, 0.1) is 0 Å². The number of aryl methyl sites for hydroxylation is 1. The first-order valence-electron chi connectivity index (χ1n) is 8.56. The number of hydrogen-bond donors (Lipinski definition) is 0. The van der Waals surface area contributed by atoms with E-state index in [-0.39, 0.29) is 23.8 Å². The molecule has 0 atom stereocenters. The molecule has 0 bridgehead atoms. The summed E-state index contributed by atoms with van der Waals surface area (Å²) in [6, 6.07) is 13.4. The van der Waals surface area contributed by atoms with Crippen LogP contribution in [0.4, 0.5) is 4.39 Å². The van der Waals surface area contributed by atoms with Crippen LogP contribution < -0.4 is 0 Å². The molecule has 136 valence electrons. The molecule has 0 fully saturated rings. The Morgan fingerprint density at radius 2 is 1.59 bits per heavy atom. The topological polar surface area (TPSA) is 52.0 Å². The SMILES string of the molecule is Cn1ccnc1C(=O)/C=C/c1ccc(CC(=O)Cc2ccc(F)cc2)cc1. The summed E-state index contributed by atoms with van der Waals surface area (Å²) in [5, 5.41) is 0. The van der Waals surface area contributed by atoms with Crippen molar-refractivity contribution in [3.8, 4) is 0 Å². The van der Waals surface area contributed by atoms with Crippen LogP contribution in [0.15, 0.2) is 67.0 Å². The first-order valence-corrected chi connectivity index (χ1v) is 8.56. The van der Waals surface area contributed by atoms with E-state index in [1.54, 1.807) is 42.2 Å². The average Bonchev–Trinajstić information content (AvgIpc) is 3.09. The summed E-state index contributed by atoms with van der Waals surface area (Å²) in [5.41, 5.74) is 2.57. The zero-order valence-electron chi connectivity index (χ0n) is 14.9. The molecule has 1 heterocycles. The smallest absolute Gasteiger partial charge is 0.221 e. The molecule has 0 amide bonds. The summed E-state index contributed by atoms with van der Waals surface area (Å²) in [6.07, 6.45) is 7.10. The maximum Gasteiger partial charge on any atom is 0.221 e. The van der Waals surface area contributed by atoms with Gasteiger partial charge in [0.25, 0.3) is 0 Å². The fourth-order valence-corrected chi connectivity index (χ4v) is 2.72. The van der Waals surface area contributed by atoms with Crippen molar-refractivity contribution >= 4 is 17.6 Å². The second-order valence-electron chi connectivity index (χ2n) is 6.32. The standard InChI is InChI=1S/C22H19FN2O2/c1-25-13-12-24-22(25)21(27)11-8-16-2-4-17(5-3-16)14-20(26)15-18-6-9-19(23)10-7-18/h2-13H,14-15H2,1H3/b11-8+. The van der Waals surface area contributed by atoms with Gasteiger partial charge in [-0.05, 0) is 34.9 Å². The highest BCUT2D eigenvalue weighted by Crippen LogP contribution is 2.10. The van der Waals surface area contributed by atoms with Gasteiger partial charge in [0.1, 0.15) is 11.6 Å². The van der Waals surface area contributed by atoms with Crippen LogP contribution in [0.2, 0.25) is 0 Å². The van der Waals surface area contributed by atoms with E-state index >= 15 is 0 Å². The summed E-state index contributed by atoms with van der Waals surface area (Å²) in [4.78, 5) is 28.3. The van der Waals surface area contributed by atoms with Crippen molar-refractivity contribution in [3.05, 3.63) is 95.3 Å². The first-order chi connectivity index (χ1) is 13.0. The van der Waals surface area contributed by atoms with Gasteiger partial charge in [-0.3, -0.25) is 9.59 Å². The highest BCUT2D eigenvalue weighted by molar-refractivity contribution is 6.04. The molecule has 0 aliphatic heterocycles. The van der Waals surface area contributed by atoms with Crippen molar-refractivity contribution in [2.45, 2.75) is 12.8 Å². The highest BCUT2D eigenvalue weighted by Gasteiger charge is 2.07. The van der Waals surface area contributed by atoms with Crippen molar-refractivity contribution in [3.63, 3.8) is 0 Å². The zero-order valence-corrected chi connectivity index (χ0v) is 14.9. The van der Waals surface area contributed by atoms with Gasteiger partial charge in [0, 0.05) is 32.3 Å². The average molecular weight is 362 g/mol. The Morgan fingerprint density at radius 1 is 1.00 bits per heavy atom. The van der Waals surface area contributed by atoms with E-state index < -0.39 is 0 Å². The molecule has 0 spiro atoms. The molecule has 0 saturated carbocycles. The van der Waals surface area contributed by atoms with Crippen LogP contribution >= 0.6 is 0 Å². The Balaban J connectivity index is 1.57. The van der Waals surface area contributed by atoms with Gasteiger partial charge in [-0.2, -0.15) is 0 Å². The molecule has 0 aliphatic carbocycles. The molecule has 5 heteroatoms. The maximum absolute atomic E-state index is 12.9. The zero-order chi connectivity index (χ0) is 19.2. The van der Waals surface area contributed by atoms with Crippen molar-refractivity contribution in [2.75, 3.05) is 0 Å². The largest absolute Gasteiger partial charge is 0.331 e. The maximum atomic E-state index is 12.9. The number of halogens is 1. The normalized spacial score (nSPS) is 11.0. The number of Topliss-reactive ketones (excluding diaryl/α,β-unsaturated/α-hetero) is 1. The summed E-state index contributed by atoms with van der Waals surface area (Å²) < 4.78 is 14.6. The van der Waals surface area contributed by atoms with Gasteiger partial charge < -0.3 is 4.57 Å². The van der Waals surface area contributed by atoms with Crippen molar-refractivity contribution in [1.29, 1.82) is 0 Å². The third kappa shape index (κ3) is 5.07. The summed E-state index contributed by atoms with van der Waals surface area (Å²) in [6.45, 7) is 0. The number of carbonyl (C=O) groups is 2. The van der Waals surface area contributed by atoms with Crippen LogP contribution in [-0.2, 0) is 24.7 Å². The lowest BCUT2D eigenvalue weighted by molar-refractivity contribution is -0.117. The minimum atomic E-state index is -0.309. The molecule has 3 rings (SSSR count). The predicted molar refractivity (Wildman–Crippen MR) is 102 cm³/mol. The fraction of sp³-hybridized carbons (Fsp3) is 0.136. The van der Waals surface area contributed by atoms with Crippen LogP contribution in [0.5, 0.6) is 0 Å². The number of allylic oxidation sites excluding steroid dienone is 1. The minimum Gasteiger partial charge on any atom is -0.331 e. The molecular formula is C22H19FN2O2. The lowest BCUT2D eigenvalue weighted by Gasteiger charge is -2.03. The third-order valence-electron chi connectivity index (χ3n) is 4.16. The molecule has 2 aromatic carbocycles. The summed E-state index contributed by atoms with van der Waals surface area (Å²) in [7, 11) is 1.77. The predicted octanol–water partition coefficient (Wildman–Crippen LogP) is 3.81. The molecule has 0 unspecified atom stereocenters. The summed E-state index contributed by atoms with van der Waals surface area (Å²) >= 11 is 0. The van der Waals surface area contributed by atoms with Crippen molar-refractivity contribution in [1.82, 2.24) is 9.55 Å². The molecule has 0 N–H and O–H groups in total. The Bertz CT molecular complexity index is 970. The first kappa shape index (κ1) is 18.5. The van der Waals surface area contributed by atoms with Gasteiger partial charge in [0.15, 0.2) is 5.82 Å². The lowest BCUT2D eigenvalue weighted by atomic mass is 10.0. The number of imidazole rings is 1. The second kappa shape index (κ2) is 8.36. The van der Waals surface area contributed by atoms with Gasteiger partial charge in [-0.25, -0.2) is 9.37 Å². The quantitative estimate of drug-likeness (QED) is 0.474. The molecule has 0 saturated heterocycles. The number of carbonyl (C=O) groups excluding carboxylic acids is 2. The van der Waals surface area contributed by atoms with Crippen molar-refractivity contribution < 1.29 is 14.0 Å². The molecule has 1 aromatic heterocycles. The molecule has 3 aromatic rings. The second-order valence-corrected chi connectivity index (χ2v) is 6.32. The molecular weight excluding hydrogens is 343 g/mol. The molecule has 0 radical (unpaired) electrons. The van der Waals surface area contributed by atoms with Crippen LogP contribution in [0.3, 0.4) is 0 Å². The molecule has 27 heavy (non-hydrogen) atoms. The fourth-order valence-electron chi connectivity index (χ4n) is 2.72. The Morgan fingerprint density at radius 3 is 2.15 bits per heavy atom. The van der Waals surface area contributed by atoms with E-state index in [4.69, 9.17) is 0 Å². The molecule has 0 aliphatic rings. The van der Waals surface area contributed by atoms with Crippen LogP contribution in [-0.4, -0.2) is 21.1 Å². The van der Waals surface area contributed by atoms with E-state index in [1.165, 1.54) is 18.2 Å². The monoisotopic (exact) mass is 362 g/mol. The number of hydrogen-bond acceptors (Lipinski definition) is 3. The van der Waals surface area contributed by atoms with Crippen molar-refractivity contribution in [2.24, 2.45) is 7.05 Å². The van der Waals surface area contributed by atoms with E-state index in [2.05, 4.69) is 4.98 Å². The lowest BCUT2D eigenvalue weighted by Crippen LogP contribution is -2.06. The Kier molecular flexibility index (Phi) is 5.71. The van der Waals surface area contributed by atoms with Crippen LogP contribution in [0, 0.1) is 5.82 Å². The number of benzene rings is 2. The van der Waals surface area contributed by atoms with E-state index in [0.717, 1.165) is 16.7 Å². The number of ketones is 2. The Hall–Kier alpha value is -3.34. The van der Waals surface area contributed by atoms with E-state index in [1.807, 2.05) is 24.3 Å². The van der Waals surface area contributed by atoms with Crippen LogP contribution in [0.25, 0.3) is 6.08 Å². The highest BCUT2D eigenvalue weighted by atomic mass is 19.1.